The van der Waals surface area contributed by atoms with E-state index in [9.17, 15) is 0 Å². The number of benzene rings is 10. The van der Waals surface area contributed by atoms with Crippen molar-refractivity contribution in [1.82, 2.24) is 9.97 Å². The summed E-state index contributed by atoms with van der Waals surface area (Å²) in [6.45, 7) is 0. The molecular formula is C56H35N2OP. The Hall–Kier alpha value is -7.45. The van der Waals surface area contributed by atoms with Gasteiger partial charge in [0, 0.05) is 49.2 Å². The molecule has 0 radical (unpaired) electrons. The predicted molar refractivity (Wildman–Crippen MR) is 255 cm³/mol. The zero-order chi connectivity index (χ0) is 39.8. The molecule has 0 atom stereocenters. The summed E-state index contributed by atoms with van der Waals surface area (Å²) in [4.78, 5) is 10.9. The maximum Gasteiger partial charge on any atom is 0.172 e. The second kappa shape index (κ2) is 13.6. The van der Waals surface area contributed by atoms with Crippen LogP contribution >= 0.6 is 7.14 Å². The number of aromatic nitrogens is 2. The molecule has 0 aliphatic rings. The molecule has 0 bridgehead atoms. The van der Waals surface area contributed by atoms with Crippen molar-refractivity contribution in [2.45, 2.75) is 0 Å². The van der Waals surface area contributed by atoms with Gasteiger partial charge in [0.2, 0.25) is 0 Å². The molecule has 0 fully saturated rings. The van der Waals surface area contributed by atoms with Crippen molar-refractivity contribution in [3.63, 3.8) is 0 Å². The highest BCUT2D eigenvalue weighted by molar-refractivity contribution is 7.86. The standard InChI is InChI=1S/C56H35N2OP/c59-60(37-21-6-2-7-22-37,38-23-8-3-9-24-38)56-46-31-16-14-29-43(46)50(44-30-15-17-32-47(44)56)48-35-49-53(55-45(48)33-18-34-57-55)51-41-27-12-10-25-39(41)40-26-11-13-28-42(40)52(51)54(58-49)36-19-4-1-5-20-36/h1-35H. The Morgan fingerprint density at radius 1 is 0.383 bits per heavy atom. The Morgan fingerprint density at radius 3 is 1.40 bits per heavy atom. The lowest BCUT2D eigenvalue weighted by Gasteiger charge is -2.26. The van der Waals surface area contributed by atoms with Crippen molar-refractivity contribution in [1.29, 1.82) is 0 Å². The second-order valence-electron chi connectivity index (χ2n) is 15.5. The van der Waals surface area contributed by atoms with Gasteiger partial charge in [0.15, 0.2) is 7.14 Å². The zero-order valence-corrected chi connectivity index (χ0v) is 33.4. The monoisotopic (exact) mass is 782 g/mol. The van der Waals surface area contributed by atoms with E-state index in [2.05, 4.69) is 140 Å². The van der Waals surface area contributed by atoms with E-state index in [1.54, 1.807) is 0 Å². The fourth-order valence-corrected chi connectivity index (χ4v) is 12.9. The van der Waals surface area contributed by atoms with E-state index in [0.29, 0.717) is 0 Å². The molecule has 4 heteroatoms. The molecule has 0 amide bonds. The number of rotatable bonds is 5. The Morgan fingerprint density at radius 2 is 0.833 bits per heavy atom. The smallest absolute Gasteiger partial charge is 0.172 e. The first kappa shape index (κ1) is 34.6. The fourth-order valence-electron chi connectivity index (χ4n) is 9.82. The van der Waals surface area contributed by atoms with E-state index in [1.807, 2.05) is 72.9 Å². The van der Waals surface area contributed by atoms with Crippen molar-refractivity contribution in [2.75, 3.05) is 0 Å². The van der Waals surface area contributed by atoms with Gasteiger partial charge >= 0.3 is 0 Å². The van der Waals surface area contributed by atoms with Gasteiger partial charge in [0.25, 0.3) is 0 Å². The quantitative estimate of drug-likeness (QED) is 0.0992. The summed E-state index contributed by atoms with van der Waals surface area (Å²) in [5.74, 6) is 0. The Labute approximate surface area is 346 Å². The van der Waals surface area contributed by atoms with Crippen LogP contribution in [-0.2, 0) is 4.57 Å². The molecule has 0 unspecified atom stereocenters. The molecule has 60 heavy (non-hydrogen) atoms. The van der Waals surface area contributed by atoms with Crippen LogP contribution < -0.4 is 15.9 Å². The summed E-state index contributed by atoms with van der Waals surface area (Å²) in [7, 11) is -3.40. The highest BCUT2D eigenvalue weighted by Gasteiger charge is 2.34. The average molecular weight is 783 g/mol. The maximum atomic E-state index is 16.4. The lowest BCUT2D eigenvalue weighted by molar-refractivity contribution is 0.593. The number of hydrogen-bond acceptors (Lipinski definition) is 3. The van der Waals surface area contributed by atoms with E-state index in [1.165, 1.54) is 21.5 Å². The van der Waals surface area contributed by atoms with Gasteiger partial charge in [-0.15, -0.1) is 0 Å². The van der Waals surface area contributed by atoms with Crippen LogP contribution in [0.1, 0.15) is 0 Å². The van der Waals surface area contributed by atoms with Crippen LogP contribution in [0.25, 0.3) is 98.1 Å². The summed E-state index contributed by atoms with van der Waals surface area (Å²) < 4.78 is 16.4. The first-order valence-corrected chi connectivity index (χ1v) is 22.1. The maximum absolute atomic E-state index is 16.4. The SMILES string of the molecule is O=P(c1ccccc1)(c1ccccc1)c1c2ccccc2c(-c2cc3nc(-c4ccccc4)c4c5ccccc5c5ccccc5c4c3c3ncccc23)c2ccccc12. The molecular weight excluding hydrogens is 748 g/mol. The van der Waals surface area contributed by atoms with Crippen LogP contribution in [0.3, 0.4) is 0 Å². The summed E-state index contributed by atoms with van der Waals surface area (Å²) in [6.07, 6.45) is 1.90. The highest BCUT2D eigenvalue weighted by Crippen LogP contribution is 2.51. The molecule has 2 aromatic heterocycles. The highest BCUT2D eigenvalue weighted by atomic mass is 31.2. The van der Waals surface area contributed by atoms with E-state index in [4.69, 9.17) is 9.97 Å². The minimum absolute atomic E-state index is 0.809. The molecule has 12 rings (SSSR count). The first-order chi connectivity index (χ1) is 29.7. The molecule has 10 aromatic carbocycles. The van der Waals surface area contributed by atoms with E-state index in [0.717, 1.165) is 92.4 Å². The number of fused-ring (bicyclic) bond motifs is 12. The lowest BCUT2D eigenvalue weighted by Crippen LogP contribution is -2.26. The number of pyridine rings is 2. The van der Waals surface area contributed by atoms with Gasteiger partial charge in [-0.2, -0.15) is 0 Å². The normalized spacial score (nSPS) is 12.1. The number of nitrogens with zero attached hydrogens (tertiary/aromatic N) is 2. The Kier molecular flexibility index (Phi) is 7.82. The molecule has 3 nitrogen and oxygen atoms in total. The van der Waals surface area contributed by atoms with Crippen molar-refractivity contribution in [3.8, 4) is 22.4 Å². The van der Waals surface area contributed by atoms with Crippen molar-refractivity contribution in [2.24, 2.45) is 0 Å². The predicted octanol–water partition coefficient (Wildman–Crippen LogP) is 13.5. The second-order valence-corrected chi connectivity index (χ2v) is 18.2. The van der Waals surface area contributed by atoms with Crippen LogP contribution in [0.15, 0.2) is 212 Å². The summed E-state index contributed by atoms with van der Waals surface area (Å²) in [6, 6.07) is 71.6. The molecule has 0 spiro atoms. The number of hydrogen-bond donors (Lipinski definition) is 0. The van der Waals surface area contributed by atoms with Gasteiger partial charge in [0.05, 0.1) is 16.7 Å². The van der Waals surface area contributed by atoms with E-state index in [-0.39, 0.29) is 0 Å². The third-order valence-electron chi connectivity index (χ3n) is 12.3. The summed E-state index contributed by atoms with van der Waals surface area (Å²) in [5.41, 5.74) is 5.89. The average Bonchev–Trinajstić information content (AvgIpc) is 3.33. The van der Waals surface area contributed by atoms with Gasteiger partial charge in [-0.3, -0.25) is 4.98 Å². The molecule has 0 saturated carbocycles. The molecule has 280 valence electrons. The van der Waals surface area contributed by atoms with Gasteiger partial charge < -0.3 is 4.57 Å². The van der Waals surface area contributed by atoms with Crippen LogP contribution in [-0.4, -0.2) is 9.97 Å². The van der Waals surface area contributed by atoms with Gasteiger partial charge in [-0.25, -0.2) is 4.98 Å². The minimum Gasteiger partial charge on any atom is -0.309 e. The van der Waals surface area contributed by atoms with Crippen molar-refractivity contribution in [3.05, 3.63) is 212 Å². The lowest BCUT2D eigenvalue weighted by atomic mass is 9.86. The van der Waals surface area contributed by atoms with Crippen molar-refractivity contribution >= 4 is 98.7 Å². The van der Waals surface area contributed by atoms with Gasteiger partial charge in [0.1, 0.15) is 0 Å². The van der Waals surface area contributed by atoms with Gasteiger partial charge in [-0.1, -0.05) is 194 Å². The molecule has 0 N–H and O–H groups in total. The van der Waals surface area contributed by atoms with Crippen LogP contribution in [0, 0.1) is 0 Å². The molecule has 2 heterocycles. The Bertz CT molecular complexity index is 3640. The zero-order valence-electron chi connectivity index (χ0n) is 32.5. The third kappa shape index (κ3) is 5.00. The van der Waals surface area contributed by atoms with Crippen molar-refractivity contribution < 1.29 is 4.57 Å². The van der Waals surface area contributed by atoms with Crippen LogP contribution in [0.5, 0.6) is 0 Å². The molecule has 0 aliphatic heterocycles. The minimum atomic E-state index is -3.40. The summed E-state index contributed by atoms with van der Waals surface area (Å²) in [5, 5.41) is 15.6. The van der Waals surface area contributed by atoms with E-state index >= 15 is 4.57 Å². The first-order valence-electron chi connectivity index (χ1n) is 20.4. The van der Waals surface area contributed by atoms with Crippen LogP contribution in [0.4, 0.5) is 0 Å². The van der Waals surface area contributed by atoms with Gasteiger partial charge in [-0.05, 0) is 66.3 Å². The van der Waals surface area contributed by atoms with E-state index < -0.39 is 7.14 Å². The molecule has 0 aliphatic carbocycles. The molecule has 12 aromatic rings. The topological polar surface area (TPSA) is 42.9 Å². The van der Waals surface area contributed by atoms with Crippen LogP contribution in [0.2, 0.25) is 0 Å². The summed E-state index contributed by atoms with van der Waals surface area (Å²) >= 11 is 0. The largest absolute Gasteiger partial charge is 0.309 e. The fraction of sp³-hybridized carbons (Fsp3) is 0. The Balaban J connectivity index is 1.28. The molecule has 0 saturated heterocycles. The third-order valence-corrected chi connectivity index (χ3v) is 15.5.